The van der Waals surface area contributed by atoms with Crippen molar-refractivity contribution in [2.45, 2.75) is 50.9 Å². The summed E-state index contributed by atoms with van der Waals surface area (Å²) in [4.78, 5) is 23.7. The maximum absolute atomic E-state index is 12.9. The van der Waals surface area contributed by atoms with Crippen LogP contribution >= 0.6 is 0 Å². The zero-order valence-electron chi connectivity index (χ0n) is 13.1. The quantitative estimate of drug-likeness (QED) is 0.721. The van der Waals surface area contributed by atoms with Gasteiger partial charge in [0.1, 0.15) is 0 Å². The summed E-state index contributed by atoms with van der Waals surface area (Å²) in [6, 6.07) is 2.79. The van der Waals surface area contributed by atoms with Crippen LogP contribution in [0.15, 0.2) is 18.2 Å². The molecule has 1 fully saturated rings. The summed E-state index contributed by atoms with van der Waals surface area (Å²) in [5.41, 5.74) is -0.962. The highest BCUT2D eigenvalue weighted by atomic mass is 19.4. The van der Waals surface area contributed by atoms with Gasteiger partial charge in [-0.05, 0) is 37.5 Å². The Morgan fingerprint density at radius 3 is 2.46 bits per heavy atom. The molecule has 0 heterocycles. The summed E-state index contributed by atoms with van der Waals surface area (Å²) in [6.07, 6.45) is -2.48. The van der Waals surface area contributed by atoms with E-state index in [1.807, 2.05) is 0 Å². The number of hydrogen-bond acceptors (Lipinski definition) is 3. The molecule has 0 spiro atoms. The van der Waals surface area contributed by atoms with Gasteiger partial charge in [0.25, 0.3) is 0 Å². The van der Waals surface area contributed by atoms with Crippen molar-refractivity contribution in [1.29, 1.82) is 0 Å². The molecule has 0 saturated heterocycles. The van der Waals surface area contributed by atoms with Crippen molar-refractivity contribution in [2.24, 2.45) is 0 Å². The number of anilines is 1. The number of carbonyl (C=O) groups excluding carboxylic acids is 2. The fraction of sp³-hybridized carbons (Fsp3) is 0.500. The molecule has 2 rings (SSSR count). The van der Waals surface area contributed by atoms with Crippen LogP contribution in [-0.2, 0) is 15.8 Å². The third-order valence-corrected chi connectivity index (χ3v) is 4.05. The van der Waals surface area contributed by atoms with E-state index in [1.165, 1.54) is 19.1 Å². The average Bonchev–Trinajstić information content (AvgIpc) is 2.50. The molecule has 1 aliphatic carbocycles. The van der Waals surface area contributed by atoms with Crippen LogP contribution in [0.5, 0.6) is 0 Å². The van der Waals surface area contributed by atoms with Gasteiger partial charge in [-0.25, -0.2) is 0 Å². The zero-order valence-corrected chi connectivity index (χ0v) is 13.1. The molecule has 1 aliphatic rings. The van der Waals surface area contributed by atoms with Crippen LogP contribution < -0.4 is 10.6 Å². The van der Waals surface area contributed by atoms with Gasteiger partial charge in [0.2, 0.25) is 0 Å². The Balaban J connectivity index is 2.02. The van der Waals surface area contributed by atoms with E-state index < -0.39 is 35.7 Å². The summed E-state index contributed by atoms with van der Waals surface area (Å²) < 4.78 is 38.6. The molecule has 5 nitrogen and oxygen atoms in total. The number of rotatable bonds is 2. The fourth-order valence-electron chi connectivity index (χ4n) is 2.71. The summed E-state index contributed by atoms with van der Waals surface area (Å²) in [5.74, 6) is -2.04. The van der Waals surface area contributed by atoms with Crippen molar-refractivity contribution in [3.63, 3.8) is 0 Å². The largest absolute Gasteiger partial charge is 0.416 e. The van der Waals surface area contributed by atoms with Crippen LogP contribution in [0.3, 0.4) is 0 Å². The third kappa shape index (κ3) is 4.47. The first-order valence-corrected chi connectivity index (χ1v) is 7.66. The highest BCUT2D eigenvalue weighted by Gasteiger charge is 2.33. The summed E-state index contributed by atoms with van der Waals surface area (Å²) in [6.45, 7) is 1.31. The number of hydrogen-bond donors (Lipinski definition) is 3. The lowest BCUT2D eigenvalue weighted by Gasteiger charge is -2.28. The van der Waals surface area contributed by atoms with E-state index in [1.54, 1.807) is 0 Å². The molecule has 0 radical (unpaired) electrons. The fourth-order valence-corrected chi connectivity index (χ4v) is 2.71. The Morgan fingerprint density at radius 2 is 1.83 bits per heavy atom. The van der Waals surface area contributed by atoms with Crippen LogP contribution in [0.25, 0.3) is 0 Å². The van der Waals surface area contributed by atoms with E-state index in [0.717, 1.165) is 18.9 Å². The van der Waals surface area contributed by atoms with E-state index in [0.29, 0.717) is 12.8 Å². The van der Waals surface area contributed by atoms with E-state index in [4.69, 9.17) is 0 Å². The van der Waals surface area contributed by atoms with E-state index in [2.05, 4.69) is 10.6 Å². The molecule has 1 aromatic rings. The monoisotopic (exact) mass is 344 g/mol. The second-order valence-electron chi connectivity index (χ2n) is 5.91. The number of aryl methyl sites for hydroxylation is 1. The van der Waals surface area contributed by atoms with Crippen molar-refractivity contribution in [3.8, 4) is 0 Å². The lowest BCUT2D eigenvalue weighted by Crippen LogP contribution is -2.48. The zero-order chi connectivity index (χ0) is 17.9. The van der Waals surface area contributed by atoms with Gasteiger partial charge in [0.05, 0.1) is 17.7 Å². The number of amides is 2. The number of benzene rings is 1. The molecule has 1 aromatic carbocycles. The highest BCUT2D eigenvalue weighted by molar-refractivity contribution is 6.39. The Kier molecular flexibility index (Phi) is 5.48. The molecular formula is C16H19F3N2O3. The van der Waals surface area contributed by atoms with Gasteiger partial charge in [-0.15, -0.1) is 0 Å². The molecule has 0 aromatic heterocycles. The highest BCUT2D eigenvalue weighted by Crippen LogP contribution is 2.33. The molecule has 24 heavy (non-hydrogen) atoms. The van der Waals surface area contributed by atoms with Crippen molar-refractivity contribution in [3.05, 3.63) is 29.3 Å². The van der Waals surface area contributed by atoms with Crippen LogP contribution in [0, 0.1) is 6.92 Å². The smallest absolute Gasteiger partial charge is 0.391 e. The normalized spacial score (nSPS) is 21.2. The van der Waals surface area contributed by atoms with Gasteiger partial charge in [-0.3, -0.25) is 9.59 Å². The second kappa shape index (κ2) is 7.21. The summed E-state index contributed by atoms with van der Waals surface area (Å²) in [5, 5.41) is 14.3. The van der Waals surface area contributed by atoms with Gasteiger partial charge in [0, 0.05) is 5.69 Å². The summed E-state index contributed by atoms with van der Waals surface area (Å²) in [7, 11) is 0. The first kappa shape index (κ1) is 18.3. The van der Waals surface area contributed by atoms with Crippen LogP contribution in [0.2, 0.25) is 0 Å². The maximum Gasteiger partial charge on any atom is 0.416 e. The molecule has 2 atom stereocenters. The molecule has 8 heteroatoms. The lowest BCUT2D eigenvalue weighted by molar-refractivity contribution is -0.138. The topological polar surface area (TPSA) is 78.4 Å². The predicted octanol–water partition coefficient (Wildman–Crippen LogP) is 2.37. The number of halogens is 3. The van der Waals surface area contributed by atoms with Crippen molar-refractivity contribution in [1.82, 2.24) is 5.32 Å². The second-order valence-corrected chi connectivity index (χ2v) is 5.91. The van der Waals surface area contributed by atoms with Gasteiger partial charge >= 0.3 is 18.0 Å². The Morgan fingerprint density at radius 1 is 1.17 bits per heavy atom. The van der Waals surface area contributed by atoms with E-state index in [9.17, 15) is 27.9 Å². The number of alkyl halides is 3. The SMILES string of the molecule is Cc1ccc(NC(=O)C(=O)NC2CCCCC2O)cc1C(F)(F)F. The Labute approximate surface area is 137 Å². The van der Waals surface area contributed by atoms with E-state index >= 15 is 0 Å². The number of aliphatic hydroxyl groups is 1. The number of carbonyl (C=O) groups is 2. The lowest BCUT2D eigenvalue weighted by atomic mass is 9.92. The maximum atomic E-state index is 12.9. The molecule has 2 amide bonds. The van der Waals surface area contributed by atoms with Gasteiger partial charge in [-0.2, -0.15) is 13.2 Å². The van der Waals surface area contributed by atoms with Gasteiger partial charge in [0.15, 0.2) is 0 Å². The number of nitrogens with one attached hydrogen (secondary N) is 2. The van der Waals surface area contributed by atoms with Crippen molar-refractivity contribution < 1.29 is 27.9 Å². The molecule has 3 N–H and O–H groups in total. The van der Waals surface area contributed by atoms with Crippen LogP contribution in [0.4, 0.5) is 18.9 Å². The number of aliphatic hydroxyl groups excluding tert-OH is 1. The summed E-state index contributed by atoms with van der Waals surface area (Å²) >= 11 is 0. The average molecular weight is 344 g/mol. The predicted molar refractivity (Wildman–Crippen MR) is 81.2 cm³/mol. The van der Waals surface area contributed by atoms with E-state index in [-0.39, 0.29) is 11.3 Å². The molecule has 2 unspecified atom stereocenters. The van der Waals surface area contributed by atoms with Crippen molar-refractivity contribution in [2.75, 3.05) is 5.32 Å². The minimum absolute atomic E-state index is 0.0234. The molecule has 0 aliphatic heterocycles. The molecule has 132 valence electrons. The van der Waals surface area contributed by atoms with Gasteiger partial charge in [-0.1, -0.05) is 18.9 Å². The minimum Gasteiger partial charge on any atom is -0.391 e. The Hall–Kier alpha value is -2.09. The molecule has 1 saturated carbocycles. The molecule has 0 bridgehead atoms. The first-order chi connectivity index (χ1) is 11.2. The van der Waals surface area contributed by atoms with Gasteiger partial charge < -0.3 is 15.7 Å². The van der Waals surface area contributed by atoms with Crippen molar-refractivity contribution >= 4 is 17.5 Å². The Bertz CT molecular complexity index is 631. The third-order valence-electron chi connectivity index (χ3n) is 4.05. The standard InChI is InChI=1S/C16H19F3N2O3/c1-9-6-7-10(8-11(9)16(17,18)19)20-14(23)15(24)21-12-4-2-3-5-13(12)22/h6-8,12-13,22H,2-5H2,1H3,(H,20,23)(H,21,24). The van der Waals surface area contributed by atoms with Crippen LogP contribution in [-0.4, -0.2) is 29.1 Å². The first-order valence-electron chi connectivity index (χ1n) is 7.66. The molecular weight excluding hydrogens is 325 g/mol. The van der Waals surface area contributed by atoms with Crippen LogP contribution in [0.1, 0.15) is 36.8 Å². The minimum atomic E-state index is -4.54.